The average molecular weight is 554 g/mol. The minimum Gasteiger partial charge on any atom is -0.385 e. The van der Waals surface area contributed by atoms with Gasteiger partial charge in [-0.2, -0.15) is 13.2 Å². The predicted molar refractivity (Wildman–Crippen MR) is 125 cm³/mol. The zero-order valence-corrected chi connectivity index (χ0v) is 20.4. The summed E-state index contributed by atoms with van der Waals surface area (Å²) < 4.78 is 45.3. The topological polar surface area (TPSA) is 67.6 Å². The Bertz CT molecular complexity index is 795. The van der Waals surface area contributed by atoms with Crippen molar-refractivity contribution in [2.75, 3.05) is 33.9 Å². The van der Waals surface area contributed by atoms with Crippen molar-refractivity contribution in [3.63, 3.8) is 0 Å². The van der Waals surface area contributed by atoms with Gasteiger partial charge in [0.2, 0.25) is 0 Å². The zero-order valence-electron chi connectivity index (χ0n) is 18.0. The van der Waals surface area contributed by atoms with Crippen molar-refractivity contribution in [3.05, 3.63) is 47.5 Å². The lowest BCUT2D eigenvalue weighted by molar-refractivity contribution is -0.137. The monoisotopic (exact) mass is 554 g/mol. The molecule has 0 aliphatic heterocycles. The fraction of sp³-hybridized carbons (Fsp3) is 0.550. The van der Waals surface area contributed by atoms with Crippen LogP contribution in [0.1, 0.15) is 30.3 Å². The number of methoxy groups -OCH3 is 1. The minimum absolute atomic E-state index is 0. The maximum atomic E-state index is 12.8. The van der Waals surface area contributed by atoms with E-state index in [0.717, 1.165) is 36.4 Å². The molecule has 0 fully saturated rings. The van der Waals surface area contributed by atoms with E-state index in [4.69, 9.17) is 4.74 Å². The molecule has 0 saturated heterocycles. The Morgan fingerprint density at radius 3 is 2.58 bits per heavy atom. The van der Waals surface area contributed by atoms with Crippen LogP contribution >= 0.6 is 24.0 Å². The van der Waals surface area contributed by atoms with E-state index in [9.17, 15) is 13.2 Å². The molecule has 0 aliphatic rings. The lowest BCUT2D eigenvalue weighted by atomic mass is 10.1. The van der Waals surface area contributed by atoms with Gasteiger partial charge in [0.1, 0.15) is 12.2 Å². The van der Waals surface area contributed by atoms with E-state index in [0.29, 0.717) is 38.7 Å². The molecule has 1 heterocycles. The summed E-state index contributed by atoms with van der Waals surface area (Å²) in [7, 11) is 3.50. The zero-order chi connectivity index (χ0) is 22.0. The smallest absolute Gasteiger partial charge is 0.385 e. The second kappa shape index (κ2) is 13.5. The van der Waals surface area contributed by atoms with Gasteiger partial charge in [-0.15, -0.1) is 34.2 Å². The molecule has 0 amide bonds. The van der Waals surface area contributed by atoms with Gasteiger partial charge in [-0.1, -0.05) is 19.1 Å². The molecular weight excluding hydrogens is 524 g/mol. The van der Waals surface area contributed by atoms with Crippen molar-refractivity contribution in [1.29, 1.82) is 0 Å². The van der Waals surface area contributed by atoms with Gasteiger partial charge < -0.3 is 19.5 Å². The first-order chi connectivity index (χ1) is 14.3. The lowest BCUT2D eigenvalue weighted by Crippen LogP contribution is -2.40. The van der Waals surface area contributed by atoms with Gasteiger partial charge in [-0.05, 0) is 24.1 Å². The summed E-state index contributed by atoms with van der Waals surface area (Å²) in [4.78, 5) is 6.50. The fourth-order valence-corrected chi connectivity index (χ4v) is 2.88. The summed E-state index contributed by atoms with van der Waals surface area (Å²) in [5.74, 6) is 1.59. The van der Waals surface area contributed by atoms with Crippen LogP contribution in [0.25, 0.3) is 0 Å². The molecule has 0 aliphatic carbocycles. The number of benzene rings is 1. The Kier molecular flexibility index (Phi) is 11.8. The summed E-state index contributed by atoms with van der Waals surface area (Å²) >= 11 is 0. The first kappa shape index (κ1) is 27.1. The molecular formula is C20H30F3IN6O. The van der Waals surface area contributed by atoms with Gasteiger partial charge in [0, 0.05) is 53.4 Å². The van der Waals surface area contributed by atoms with Crippen LogP contribution in [0.4, 0.5) is 13.2 Å². The summed E-state index contributed by atoms with van der Waals surface area (Å²) in [5, 5.41) is 11.3. The summed E-state index contributed by atoms with van der Waals surface area (Å²) in [6.45, 7) is 4.95. The molecule has 2 aromatic rings. The molecule has 1 aromatic carbocycles. The number of guanidine groups is 1. The van der Waals surface area contributed by atoms with Crippen molar-refractivity contribution >= 4 is 29.9 Å². The second-order valence-electron chi connectivity index (χ2n) is 6.82. The number of alkyl halides is 3. The van der Waals surface area contributed by atoms with Crippen LogP contribution in [0.3, 0.4) is 0 Å². The van der Waals surface area contributed by atoms with E-state index < -0.39 is 11.7 Å². The Morgan fingerprint density at radius 2 is 1.97 bits per heavy atom. The van der Waals surface area contributed by atoms with Crippen LogP contribution in [0, 0.1) is 0 Å². The number of halogens is 4. The molecule has 1 N–H and O–H groups in total. The molecule has 1 aromatic heterocycles. The van der Waals surface area contributed by atoms with Crippen molar-refractivity contribution in [1.82, 2.24) is 25.0 Å². The number of nitrogens with one attached hydrogen (secondary N) is 1. The van der Waals surface area contributed by atoms with E-state index in [1.807, 2.05) is 23.4 Å². The molecule has 0 unspecified atom stereocenters. The molecule has 2 rings (SSSR count). The predicted octanol–water partition coefficient (Wildman–Crippen LogP) is 3.59. The summed E-state index contributed by atoms with van der Waals surface area (Å²) in [5.41, 5.74) is 0.116. The van der Waals surface area contributed by atoms with E-state index in [-0.39, 0.29) is 24.0 Å². The van der Waals surface area contributed by atoms with Crippen LogP contribution in [0.2, 0.25) is 0 Å². The van der Waals surface area contributed by atoms with E-state index in [1.54, 1.807) is 13.4 Å². The average Bonchev–Trinajstić information content (AvgIpc) is 3.17. The highest BCUT2D eigenvalue weighted by Gasteiger charge is 2.29. The van der Waals surface area contributed by atoms with Crippen LogP contribution < -0.4 is 5.32 Å². The number of nitrogens with zero attached hydrogens (tertiary/aromatic N) is 5. The highest BCUT2D eigenvalue weighted by atomic mass is 127. The van der Waals surface area contributed by atoms with Gasteiger partial charge in [-0.3, -0.25) is 4.99 Å². The summed E-state index contributed by atoms with van der Waals surface area (Å²) in [6, 6.07) is 5.19. The van der Waals surface area contributed by atoms with Crippen molar-refractivity contribution in [2.24, 2.45) is 4.99 Å². The molecule has 0 spiro atoms. The van der Waals surface area contributed by atoms with Crippen molar-refractivity contribution in [2.45, 2.75) is 39.0 Å². The Morgan fingerprint density at radius 1 is 1.26 bits per heavy atom. The number of aromatic nitrogens is 3. The van der Waals surface area contributed by atoms with Crippen LogP contribution in [-0.2, 0) is 30.4 Å². The van der Waals surface area contributed by atoms with Gasteiger partial charge in [-0.25, -0.2) is 0 Å². The number of hydrogen-bond acceptors (Lipinski definition) is 4. The fourth-order valence-electron chi connectivity index (χ4n) is 2.88. The van der Waals surface area contributed by atoms with E-state index in [2.05, 4.69) is 20.5 Å². The maximum Gasteiger partial charge on any atom is 0.416 e. The third-order valence-electron chi connectivity index (χ3n) is 4.48. The molecule has 0 saturated carbocycles. The Hall–Kier alpha value is -1.89. The van der Waals surface area contributed by atoms with Gasteiger partial charge >= 0.3 is 6.18 Å². The van der Waals surface area contributed by atoms with Crippen LogP contribution in [-0.4, -0.2) is 59.5 Å². The Balaban J connectivity index is 0.00000480. The summed E-state index contributed by atoms with van der Waals surface area (Å²) in [6.07, 6.45) is -1.06. The first-order valence-electron chi connectivity index (χ1n) is 9.86. The molecule has 0 radical (unpaired) electrons. The standard InChI is InChI=1S/C20H29F3N6O.HI/c1-4-18-27-26-15-29(18)12-11-25-19(24-10-5-13-30-3)28(2)14-16-6-8-17(9-7-16)20(21,22)23;/h6-9,15H,4-5,10-14H2,1-3H3,(H,24,25);1H. The highest BCUT2D eigenvalue weighted by molar-refractivity contribution is 14.0. The first-order valence-corrected chi connectivity index (χ1v) is 9.86. The lowest BCUT2D eigenvalue weighted by Gasteiger charge is -2.23. The molecule has 174 valence electrons. The van der Waals surface area contributed by atoms with Gasteiger partial charge in [0.05, 0.1) is 5.56 Å². The number of aryl methyl sites for hydroxylation is 1. The molecule has 31 heavy (non-hydrogen) atoms. The normalized spacial score (nSPS) is 11.9. The Labute approximate surface area is 198 Å². The minimum atomic E-state index is -4.33. The third kappa shape index (κ3) is 9.01. The third-order valence-corrected chi connectivity index (χ3v) is 4.48. The molecule has 11 heteroatoms. The second-order valence-corrected chi connectivity index (χ2v) is 6.82. The number of hydrogen-bond donors (Lipinski definition) is 1. The largest absolute Gasteiger partial charge is 0.416 e. The van der Waals surface area contributed by atoms with Crippen LogP contribution in [0.15, 0.2) is 35.6 Å². The van der Waals surface area contributed by atoms with Crippen molar-refractivity contribution in [3.8, 4) is 0 Å². The number of ether oxygens (including phenoxy) is 1. The molecule has 0 atom stereocenters. The van der Waals surface area contributed by atoms with Crippen molar-refractivity contribution < 1.29 is 17.9 Å². The number of rotatable bonds is 10. The number of aliphatic imine (C=N–C) groups is 1. The van der Waals surface area contributed by atoms with Crippen LogP contribution in [0.5, 0.6) is 0 Å². The van der Waals surface area contributed by atoms with E-state index in [1.165, 1.54) is 12.1 Å². The van der Waals surface area contributed by atoms with E-state index >= 15 is 0 Å². The molecule has 0 bridgehead atoms. The van der Waals surface area contributed by atoms with Gasteiger partial charge in [0.15, 0.2) is 5.96 Å². The molecule has 7 nitrogen and oxygen atoms in total. The maximum absolute atomic E-state index is 12.8. The quantitative estimate of drug-likeness (QED) is 0.211. The highest BCUT2D eigenvalue weighted by Crippen LogP contribution is 2.29. The van der Waals surface area contributed by atoms with Gasteiger partial charge in [0.25, 0.3) is 0 Å². The SMILES string of the molecule is CCc1nncn1CCNC(=NCCCOC)N(C)Cc1ccc(C(F)(F)F)cc1.I.